The van der Waals surface area contributed by atoms with Gasteiger partial charge in [0.2, 0.25) is 5.91 Å². The first-order chi connectivity index (χ1) is 12.7. The van der Waals surface area contributed by atoms with Crippen LogP contribution in [0.15, 0.2) is 77.4 Å². The fourth-order valence-electron chi connectivity index (χ4n) is 4.01. The highest BCUT2D eigenvalue weighted by atomic mass is 16.5. The summed E-state index contributed by atoms with van der Waals surface area (Å²) < 4.78 is 5.81. The first-order valence-electron chi connectivity index (χ1n) is 9.00. The number of benzene rings is 2. The second-order valence-electron chi connectivity index (χ2n) is 7.07. The van der Waals surface area contributed by atoms with Gasteiger partial charge in [-0.3, -0.25) is 4.79 Å². The lowest BCUT2D eigenvalue weighted by Crippen LogP contribution is -2.23. The van der Waals surface area contributed by atoms with Gasteiger partial charge in [0.15, 0.2) is 0 Å². The lowest BCUT2D eigenvalue weighted by molar-refractivity contribution is -0.127. The van der Waals surface area contributed by atoms with Crippen molar-refractivity contribution < 1.29 is 9.53 Å². The molecule has 0 bridgehead atoms. The lowest BCUT2D eigenvalue weighted by atomic mass is 9.85. The van der Waals surface area contributed by atoms with Gasteiger partial charge in [-0.2, -0.15) is 0 Å². The van der Waals surface area contributed by atoms with Gasteiger partial charge in [0.25, 0.3) is 0 Å². The molecule has 0 aromatic heterocycles. The number of carbonyl (C=O) groups excluding carboxylic acids is 1. The highest BCUT2D eigenvalue weighted by molar-refractivity contribution is 5.93. The van der Waals surface area contributed by atoms with Gasteiger partial charge in [-0.15, -0.1) is 0 Å². The van der Waals surface area contributed by atoms with Crippen molar-refractivity contribution in [1.82, 2.24) is 4.90 Å². The van der Waals surface area contributed by atoms with E-state index in [1.54, 1.807) is 4.90 Å². The van der Waals surface area contributed by atoms with Crippen LogP contribution in [0.5, 0.6) is 0 Å². The molecule has 3 heteroatoms. The molecule has 132 valence electrons. The number of amides is 1. The molecule has 1 aliphatic carbocycles. The Bertz CT molecular complexity index is 879. The van der Waals surface area contributed by atoms with Gasteiger partial charge in [0.05, 0.1) is 13.2 Å². The molecule has 0 saturated carbocycles. The molecule has 26 heavy (non-hydrogen) atoms. The fraction of sp³-hybridized carbons (Fsp3) is 0.261. The van der Waals surface area contributed by atoms with Crippen molar-refractivity contribution in [2.24, 2.45) is 0 Å². The topological polar surface area (TPSA) is 29.5 Å². The van der Waals surface area contributed by atoms with E-state index in [4.69, 9.17) is 4.74 Å². The summed E-state index contributed by atoms with van der Waals surface area (Å²) in [6, 6.07) is 20.9. The molecular formula is C23H23NO2. The third-order valence-corrected chi connectivity index (χ3v) is 5.25. The Kier molecular flexibility index (Phi) is 4.48. The molecule has 2 aromatic carbocycles. The average Bonchev–Trinajstić information content (AvgIpc) is 3.23. The van der Waals surface area contributed by atoms with Crippen molar-refractivity contribution in [3.05, 3.63) is 88.5 Å². The van der Waals surface area contributed by atoms with Crippen LogP contribution in [0.3, 0.4) is 0 Å². The van der Waals surface area contributed by atoms with Gasteiger partial charge < -0.3 is 9.64 Å². The van der Waals surface area contributed by atoms with Crippen molar-refractivity contribution in [2.75, 3.05) is 27.3 Å². The maximum absolute atomic E-state index is 12.6. The first-order valence-corrected chi connectivity index (χ1v) is 9.00. The largest absolute Gasteiger partial charge is 0.372 e. The summed E-state index contributed by atoms with van der Waals surface area (Å²) >= 11 is 0. The quantitative estimate of drug-likeness (QED) is 0.837. The molecule has 1 unspecified atom stereocenters. The summed E-state index contributed by atoms with van der Waals surface area (Å²) in [4.78, 5) is 14.3. The normalized spacial score (nSPS) is 19.1. The minimum Gasteiger partial charge on any atom is -0.372 e. The SMILES string of the molecule is CN(C)C(=O)CC1=C(c2ccccc2)C2=C(COC2)C1c1ccccc1. The highest BCUT2D eigenvalue weighted by Gasteiger charge is 2.38. The van der Waals surface area contributed by atoms with Gasteiger partial charge >= 0.3 is 0 Å². The summed E-state index contributed by atoms with van der Waals surface area (Å²) in [5.74, 6) is 0.268. The van der Waals surface area contributed by atoms with Crippen LogP contribution in [0.4, 0.5) is 0 Å². The summed E-state index contributed by atoms with van der Waals surface area (Å²) in [5.41, 5.74) is 7.41. The van der Waals surface area contributed by atoms with E-state index in [1.165, 1.54) is 33.4 Å². The number of carbonyl (C=O) groups is 1. The van der Waals surface area contributed by atoms with Crippen molar-refractivity contribution in [1.29, 1.82) is 0 Å². The predicted octanol–water partition coefficient (Wildman–Crippen LogP) is 4.04. The van der Waals surface area contributed by atoms with Crippen LogP contribution in [0.2, 0.25) is 0 Å². The van der Waals surface area contributed by atoms with Crippen LogP contribution in [0, 0.1) is 0 Å². The first kappa shape index (κ1) is 16.8. The van der Waals surface area contributed by atoms with Crippen LogP contribution >= 0.6 is 0 Å². The Morgan fingerprint density at radius 2 is 1.65 bits per heavy atom. The third kappa shape index (κ3) is 2.89. The standard InChI is InChI=1S/C23H23NO2/c1-24(2)21(25)13-18-22(16-9-5-3-6-10-16)19-14-26-15-20(19)23(18)17-11-7-4-8-12-17/h3-12,22H,13-15H2,1-2H3. The van der Waals surface area contributed by atoms with Crippen LogP contribution < -0.4 is 0 Å². The average molecular weight is 345 g/mol. The van der Waals surface area contributed by atoms with Gasteiger partial charge in [0.1, 0.15) is 0 Å². The zero-order valence-corrected chi connectivity index (χ0v) is 15.2. The number of nitrogens with zero attached hydrogens (tertiary/aromatic N) is 1. The minimum atomic E-state index is 0.132. The van der Waals surface area contributed by atoms with E-state index in [9.17, 15) is 4.79 Å². The monoisotopic (exact) mass is 345 g/mol. The molecule has 0 radical (unpaired) electrons. The van der Waals surface area contributed by atoms with E-state index in [2.05, 4.69) is 48.5 Å². The Balaban J connectivity index is 1.89. The molecule has 3 nitrogen and oxygen atoms in total. The van der Waals surface area contributed by atoms with Crippen LogP contribution in [0.25, 0.3) is 5.57 Å². The maximum atomic E-state index is 12.6. The molecule has 1 aliphatic heterocycles. The Labute approximate surface area is 154 Å². The molecule has 0 fully saturated rings. The van der Waals surface area contributed by atoms with E-state index in [0.717, 1.165) is 0 Å². The summed E-state index contributed by atoms with van der Waals surface area (Å²) in [6.07, 6.45) is 0.434. The Morgan fingerprint density at radius 1 is 1.00 bits per heavy atom. The van der Waals surface area contributed by atoms with Gasteiger partial charge in [-0.1, -0.05) is 60.7 Å². The lowest BCUT2D eigenvalue weighted by Gasteiger charge is -2.22. The molecule has 2 aliphatic rings. The smallest absolute Gasteiger partial charge is 0.226 e. The number of hydrogen-bond acceptors (Lipinski definition) is 2. The van der Waals surface area contributed by atoms with Crippen molar-refractivity contribution in [2.45, 2.75) is 12.3 Å². The van der Waals surface area contributed by atoms with E-state index in [0.29, 0.717) is 19.6 Å². The summed E-state index contributed by atoms with van der Waals surface area (Å²) in [6.45, 7) is 1.27. The van der Waals surface area contributed by atoms with E-state index in [1.807, 2.05) is 26.2 Å². The van der Waals surface area contributed by atoms with Crippen molar-refractivity contribution in [3.63, 3.8) is 0 Å². The predicted molar refractivity (Wildman–Crippen MR) is 104 cm³/mol. The summed E-state index contributed by atoms with van der Waals surface area (Å²) in [5, 5.41) is 0. The van der Waals surface area contributed by atoms with Gasteiger partial charge in [-0.05, 0) is 33.4 Å². The maximum Gasteiger partial charge on any atom is 0.226 e. The fourth-order valence-corrected chi connectivity index (χ4v) is 4.01. The summed E-state index contributed by atoms with van der Waals surface area (Å²) in [7, 11) is 3.64. The van der Waals surface area contributed by atoms with E-state index >= 15 is 0 Å². The van der Waals surface area contributed by atoms with Crippen LogP contribution in [-0.4, -0.2) is 38.1 Å². The van der Waals surface area contributed by atoms with Gasteiger partial charge in [0, 0.05) is 26.4 Å². The molecule has 0 saturated heterocycles. The van der Waals surface area contributed by atoms with Crippen molar-refractivity contribution in [3.8, 4) is 0 Å². The van der Waals surface area contributed by atoms with E-state index < -0.39 is 0 Å². The van der Waals surface area contributed by atoms with Crippen LogP contribution in [0.1, 0.15) is 23.5 Å². The minimum absolute atomic E-state index is 0.132. The van der Waals surface area contributed by atoms with Crippen LogP contribution in [-0.2, 0) is 9.53 Å². The molecule has 1 atom stereocenters. The van der Waals surface area contributed by atoms with E-state index in [-0.39, 0.29) is 11.8 Å². The molecule has 1 heterocycles. The second kappa shape index (κ2) is 6.93. The molecule has 0 N–H and O–H groups in total. The Hall–Kier alpha value is -2.65. The Morgan fingerprint density at radius 3 is 2.31 bits per heavy atom. The third-order valence-electron chi connectivity index (χ3n) is 5.25. The number of hydrogen-bond donors (Lipinski definition) is 0. The highest BCUT2D eigenvalue weighted by Crippen LogP contribution is 2.51. The molecule has 0 spiro atoms. The zero-order valence-electron chi connectivity index (χ0n) is 15.2. The number of ether oxygens (including phenoxy) is 1. The molecule has 1 amide bonds. The van der Waals surface area contributed by atoms with Crippen molar-refractivity contribution >= 4 is 11.5 Å². The second-order valence-corrected chi connectivity index (χ2v) is 7.07. The molecule has 4 rings (SSSR count). The number of rotatable bonds is 4. The molecule has 2 aromatic rings. The zero-order chi connectivity index (χ0) is 18.1. The van der Waals surface area contributed by atoms with Gasteiger partial charge in [-0.25, -0.2) is 0 Å². The molecular weight excluding hydrogens is 322 g/mol.